The van der Waals surface area contributed by atoms with Crippen molar-refractivity contribution in [3.05, 3.63) is 63.0 Å². The Kier molecular flexibility index (Phi) is 6.18. The number of hydrogen-bond donors (Lipinski definition) is 0. The lowest BCUT2D eigenvalue weighted by atomic mass is 9.98. The Labute approximate surface area is 182 Å². The van der Waals surface area contributed by atoms with Crippen LogP contribution in [0, 0.1) is 6.92 Å². The summed E-state index contributed by atoms with van der Waals surface area (Å²) in [4.78, 5) is 14.3. The Morgan fingerprint density at radius 3 is 2.61 bits per heavy atom. The zero-order valence-corrected chi connectivity index (χ0v) is 18.6. The Morgan fingerprint density at radius 1 is 1.06 bits per heavy atom. The fraction of sp³-hybridized carbons (Fsp3) is 0.400. The fourth-order valence-electron chi connectivity index (χ4n) is 4.28. The van der Waals surface area contributed by atoms with Crippen molar-refractivity contribution in [2.45, 2.75) is 39.7 Å². The lowest BCUT2D eigenvalue weighted by Gasteiger charge is -2.30. The first-order valence-electron chi connectivity index (χ1n) is 10.7. The van der Waals surface area contributed by atoms with Crippen LogP contribution < -0.4 is 19.8 Å². The van der Waals surface area contributed by atoms with E-state index in [-0.39, 0.29) is 5.63 Å². The number of nitrogens with zero attached hydrogens (tertiary/aromatic N) is 1. The molecule has 164 valence electrons. The van der Waals surface area contributed by atoms with Crippen LogP contribution in [0.3, 0.4) is 0 Å². The zero-order chi connectivity index (χ0) is 22.0. The van der Waals surface area contributed by atoms with E-state index in [2.05, 4.69) is 24.0 Å². The molecule has 1 aliphatic rings. The second-order valence-electron chi connectivity index (χ2n) is 7.97. The van der Waals surface area contributed by atoms with E-state index in [1.165, 1.54) is 5.56 Å². The monoisotopic (exact) mass is 423 g/mol. The molecule has 0 spiro atoms. The van der Waals surface area contributed by atoms with Crippen LogP contribution in [0.25, 0.3) is 11.0 Å². The molecule has 4 rings (SSSR count). The third-order valence-corrected chi connectivity index (χ3v) is 5.85. The van der Waals surface area contributed by atoms with Crippen LogP contribution in [0.15, 0.2) is 39.5 Å². The van der Waals surface area contributed by atoms with Crippen molar-refractivity contribution >= 4 is 11.0 Å². The van der Waals surface area contributed by atoms with Crippen LogP contribution in [0.1, 0.15) is 35.6 Å². The van der Waals surface area contributed by atoms with E-state index in [0.717, 1.165) is 71.7 Å². The molecule has 2 aromatic carbocycles. The Balaban J connectivity index is 1.56. The maximum Gasteiger partial charge on any atom is 0.336 e. The molecule has 31 heavy (non-hydrogen) atoms. The summed E-state index contributed by atoms with van der Waals surface area (Å²) in [5.41, 5.74) is 4.61. The molecular formula is C25H29NO5. The third kappa shape index (κ3) is 4.26. The van der Waals surface area contributed by atoms with Gasteiger partial charge in [-0.15, -0.1) is 0 Å². The zero-order valence-electron chi connectivity index (χ0n) is 18.6. The lowest BCUT2D eigenvalue weighted by molar-refractivity contribution is 0.0959. The first-order valence-corrected chi connectivity index (χ1v) is 10.7. The smallest absolute Gasteiger partial charge is 0.336 e. The second kappa shape index (κ2) is 9.02. The SMILES string of the molecule is CCCc1cc(=O)oc2c(C)c3c(cc12)CN(CCc1ccc(OC)c(OC)c1)CO3. The van der Waals surface area contributed by atoms with Crippen molar-refractivity contribution in [2.24, 2.45) is 0 Å². The molecule has 0 unspecified atom stereocenters. The number of aryl methyl sites for hydroxylation is 2. The van der Waals surface area contributed by atoms with Crippen molar-refractivity contribution < 1.29 is 18.6 Å². The fourth-order valence-corrected chi connectivity index (χ4v) is 4.28. The van der Waals surface area contributed by atoms with E-state index in [9.17, 15) is 4.79 Å². The number of benzene rings is 2. The van der Waals surface area contributed by atoms with Crippen LogP contribution in [-0.4, -0.2) is 32.4 Å². The van der Waals surface area contributed by atoms with Gasteiger partial charge in [0.1, 0.15) is 18.1 Å². The molecule has 0 atom stereocenters. The maximum atomic E-state index is 12.0. The van der Waals surface area contributed by atoms with Crippen LogP contribution in [0.4, 0.5) is 0 Å². The largest absolute Gasteiger partial charge is 0.493 e. The van der Waals surface area contributed by atoms with Crippen molar-refractivity contribution in [3.8, 4) is 17.2 Å². The van der Waals surface area contributed by atoms with E-state index in [1.54, 1.807) is 20.3 Å². The molecule has 0 bridgehead atoms. The Hall–Kier alpha value is -2.99. The minimum Gasteiger partial charge on any atom is -0.493 e. The molecule has 0 radical (unpaired) electrons. The number of rotatable bonds is 7. The molecule has 0 saturated heterocycles. The number of methoxy groups -OCH3 is 2. The van der Waals surface area contributed by atoms with Crippen molar-refractivity contribution in [1.82, 2.24) is 4.90 Å². The van der Waals surface area contributed by atoms with Crippen LogP contribution >= 0.6 is 0 Å². The van der Waals surface area contributed by atoms with Gasteiger partial charge < -0.3 is 18.6 Å². The summed E-state index contributed by atoms with van der Waals surface area (Å²) in [6.07, 6.45) is 2.70. The predicted molar refractivity (Wildman–Crippen MR) is 120 cm³/mol. The van der Waals surface area contributed by atoms with E-state index < -0.39 is 0 Å². The average Bonchev–Trinajstić information content (AvgIpc) is 2.78. The normalized spacial score (nSPS) is 13.7. The Bertz CT molecular complexity index is 1150. The highest BCUT2D eigenvalue weighted by Gasteiger charge is 2.23. The minimum absolute atomic E-state index is 0.300. The summed E-state index contributed by atoms with van der Waals surface area (Å²) in [5, 5.41) is 1.02. The Morgan fingerprint density at radius 2 is 1.87 bits per heavy atom. The summed E-state index contributed by atoms with van der Waals surface area (Å²) < 4.78 is 22.4. The molecule has 3 aromatic rings. The molecule has 0 aliphatic carbocycles. The standard InChI is InChI=1S/C25H29NO5/c1-5-6-18-13-23(27)31-25-16(2)24-19(12-20(18)25)14-26(15-30-24)10-9-17-7-8-21(28-3)22(11-17)29-4/h7-8,11-13H,5-6,9-10,14-15H2,1-4H3. The topological polar surface area (TPSA) is 61.1 Å². The second-order valence-corrected chi connectivity index (χ2v) is 7.97. The number of hydrogen-bond acceptors (Lipinski definition) is 6. The van der Waals surface area contributed by atoms with Gasteiger partial charge in [-0.2, -0.15) is 0 Å². The lowest BCUT2D eigenvalue weighted by Crippen LogP contribution is -2.34. The van der Waals surface area contributed by atoms with Crippen LogP contribution in [-0.2, 0) is 19.4 Å². The maximum absolute atomic E-state index is 12.0. The van der Waals surface area contributed by atoms with Crippen molar-refractivity contribution in [1.29, 1.82) is 0 Å². The minimum atomic E-state index is -0.300. The summed E-state index contributed by atoms with van der Waals surface area (Å²) in [7, 11) is 3.29. The van der Waals surface area contributed by atoms with Gasteiger partial charge in [-0.25, -0.2) is 4.79 Å². The highest BCUT2D eigenvalue weighted by atomic mass is 16.5. The van der Waals surface area contributed by atoms with Gasteiger partial charge in [0.15, 0.2) is 11.5 Å². The molecule has 0 saturated carbocycles. The van der Waals surface area contributed by atoms with Gasteiger partial charge in [-0.3, -0.25) is 4.90 Å². The van der Waals surface area contributed by atoms with Gasteiger partial charge in [0.25, 0.3) is 0 Å². The van der Waals surface area contributed by atoms with Gasteiger partial charge >= 0.3 is 5.63 Å². The van der Waals surface area contributed by atoms with Gasteiger partial charge in [-0.1, -0.05) is 19.4 Å². The summed E-state index contributed by atoms with van der Waals surface area (Å²) in [5.74, 6) is 2.32. The van der Waals surface area contributed by atoms with Gasteiger partial charge in [-0.05, 0) is 49.1 Å². The van der Waals surface area contributed by atoms with Gasteiger partial charge in [0.2, 0.25) is 0 Å². The average molecular weight is 424 g/mol. The highest BCUT2D eigenvalue weighted by molar-refractivity contribution is 5.86. The van der Waals surface area contributed by atoms with Crippen molar-refractivity contribution in [2.75, 3.05) is 27.5 Å². The van der Waals surface area contributed by atoms with E-state index in [0.29, 0.717) is 12.3 Å². The molecule has 1 aromatic heterocycles. The first kappa shape index (κ1) is 21.2. The van der Waals surface area contributed by atoms with Gasteiger partial charge in [0.05, 0.1) is 14.2 Å². The van der Waals surface area contributed by atoms with Gasteiger partial charge in [0, 0.05) is 35.7 Å². The highest BCUT2D eigenvalue weighted by Crippen LogP contribution is 2.36. The number of ether oxygens (including phenoxy) is 3. The first-order chi connectivity index (χ1) is 15.0. The summed E-state index contributed by atoms with van der Waals surface area (Å²) >= 11 is 0. The van der Waals surface area contributed by atoms with E-state index >= 15 is 0 Å². The molecule has 0 amide bonds. The number of fused-ring (bicyclic) bond motifs is 2. The summed E-state index contributed by atoms with van der Waals surface area (Å²) in [6, 6.07) is 9.78. The summed E-state index contributed by atoms with van der Waals surface area (Å²) in [6.45, 7) is 6.25. The molecule has 1 aliphatic heterocycles. The van der Waals surface area contributed by atoms with Crippen LogP contribution in [0.2, 0.25) is 0 Å². The van der Waals surface area contributed by atoms with E-state index in [1.807, 2.05) is 19.1 Å². The molecule has 0 N–H and O–H groups in total. The molecular weight excluding hydrogens is 394 g/mol. The molecule has 0 fully saturated rings. The van der Waals surface area contributed by atoms with E-state index in [4.69, 9.17) is 18.6 Å². The molecule has 6 heteroatoms. The quantitative estimate of drug-likeness (QED) is 0.523. The predicted octanol–water partition coefficient (Wildman–Crippen LogP) is 4.47. The van der Waals surface area contributed by atoms with Crippen LogP contribution in [0.5, 0.6) is 17.2 Å². The third-order valence-electron chi connectivity index (χ3n) is 5.85. The van der Waals surface area contributed by atoms with Crippen molar-refractivity contribution in [3.63, 3.8) is 0 Å². The molecule has 2 heterocycles. The molecule has 6 nitrogen and oxygen atoms in total.